The number of hydrogen-bond acceptors (Lipinski definition) is 5. The highest BCUT2D eigenvalue weighted by molar-refractivity contribution is 6.30. The molecule has 21 heavy (non-hydrogen) atoms. The number of benzene rings is 1. The van der Waals surface area contributed by atoms with Crippen LogP contribution in [0, 0.1) is 5.92 Å². The summed E-state index contributed by atoms with van der Waals surface area (Å²) in [7, 11) is 0. The lowest BCUT2D eigenvalue weighted by molar-refractivity contribution is -0.131. The predicted molar refractivity (Wildman–Crippen MR) is 76.6 cm³/mol. The molecule has 110 valence electrons. The molecule has 0 aromatic heterocycles. The van der Waals surface area contributed by atoms with Gasteiger partial charge in [0.2, 0.25) is 5.91 Å². The molecule has 0 saturated carbocycles. The van der Waals surface area contributed by atoms with Crippen LogP contribution in [0.1, 0.15) is 40.5 Å². The number of nitrogens with two attached hydrogens (primary N) is 1. The van der Waals surface area contributed by atoms with Gasteiger partial charge in [-0.2, -0.15) is 0 Å². The van der Waals surface area contributed by atoms with Crippen molar-refractivity contribution in [2.75, 3.05) is 12.3 Å². The summed E-state index contributed by atoms with van der Waals surface area (Å²) in [6, 6.07) is 4.90. The summed E-state index contributed by atoms with van der Waals surface area (Å²) < 4.78 is 0. The Morgan fingerprint density at radius 3 is 2.76 bits per heavy atom. The van der Waals surface area contributed by atoms with Crippen molar-refractivity contribution in [2.24, 2.45) is 5.92 Å². The number of amides is 3. The molecule has 2 aliphatic rings. The van der Waals surface area contributed by atoms with E-state index < -0.39 is 17.7 Å². The van der Waals surface area contributed by atoms with Gasteiger partial charge < -0.3 is 11.1 Å². The molecular weight excluding hydrogens is 270 g/mol. The Labute approximate surface area is 122 Å². The van der Waals surface area contributed by atoms with Crippen LogP contribution in [0.3, 0.4) is 0 Å². The molecule has 1 aromatic rings. The van der Waals surface area contributed by atoms with Crippen molar-refractivity contribution in [3.63, 3.8) is 0 Å². The van der Waals surface area contributed by atoms with Crippen LogP contribution in [0.5, 0.6) is 0 Å². The van der Waals surface area contributed by atoms with Gasteiger partial charge >= 0.3 is 0 Å². The standard InChI is InChI=1S/C15H17N3O3/c1-8-7-9(5-6-17-8)13(19)18-14(20)10-3-2-4-11(16)12(10)15(18)21/h2-4,8-9,17H,5-7,16H2,1H3. The van der Waals surface area contributed by atoms with E-state index in [-0.39, 0.29) is 28.8 Å². The zero-order valence-electron chi connectivity index (χ0n) is 11.8. The number of nitrogens with one attached hydrogen (secondary N) is 1. The van der Waals surface area contributed by atoms with Gasteiger partial charge in [-0.25, -0.2) is 4.90 Å². The average molecular weight is 287 g/mol. The molecule has 6 nitrogen and oxygen atoms in total. The fraction of sp³-hybridized carbons (Fsp3) is 0.400. The first-order chi connectivity index (χ1) is 10.0. The number of nitrogen functional groups attached to an aromatic ring is 1. The Hall–Kier alpha value is -2.21. The van der Waals surface area contributed by atoms with Gasteiger partial charge in [-0.15, -0.1) is 0 Å². The number of rotatable bonds is 1. The second-order valence-corrected chi connectivity index (χ2v) is 5.63. The summed E-state index contributed by atoms with van der Waals surface area (Å²) in [6.07, 6.45) is 1.26. The summed E-state index contributed by atoms with van der Waals surface area (Å²) in [5.74, 6) is -1.86. The maximum atomic E-state index is 12.6. The maximum absolute atomic E-state index is 12.6. The van der Waals surface area contributed by atoms with Crippen LogP contribution < -0.4 is 11.1 Å². The van der Waals surface area contributed by atoms with Crippen molar-refractivity contribution in [3.8, 4) is 0 Å². The highest BCUT2D eigenvalue weighted by atomic mass is 16.2. The average Bonchev–Trinajstić information content (AvgIpc) is 2.71. The minimum Gasteiger partial charge on any atom is -0.398 e. The molecule has 2 unspecified atom stereocenters. The van der Waals surface area contributed by atoms with Gasteiger partial charge in [-0.3, -0.25) is 14.4 Å². The first kappa shape index (κ1) is 13.8. The highest BCUT2D eigenvalue weighted by Gasteiger charge is 2.43. The number of imide groups is 3. The molecule has 0 spiro atoms. The topological polar surface area (TPSA) is 92.5 Å². The van der Waals surface area contributed by atoms with Crippen molar-refractivity contribution in [3.05, 3.63) is 29.3 Å². The molecule has 3 rings (SSSR count). The van der Waals surface area contributed by atoms with E-state index in [9.17, 15) is 14.4 Å². The Kier molecular flexibility index (Phi) is 3.25. The molecule has 2 heterocycles. The summed E-state index contributed by atoms with van der Waals surface area (Å²) in [5, 5.41) is 3.25. The monoisotopic (exact) mass is 287 g/mol. The second-order valence-electron chi connectivity index (χ2n) is 5.63. The summed E-state index contributed by atoms with van der Waals surface area (Å²) >= 11 is 0. The third-order valence-electron chi connectivity index (χ3n) is 4.14. The SMILES string of the molecule is CC1CC(C(=O)N2C(=O)c3cccc(N)c3C2=O)CCN1. The van der Waals surface area contributed by atoms with E-state index >= 15 is 0 Å². The zero-order valence-corrected chi connectivity index (χ0v) is 11.8. The lowest BCUT2D eigenvalue weighted by Crippen LogP contribution is -2.46. The molecule has 3 amide bonds. The van der Waals surface area contributed by atoms with Crippen molar-refractivity contribution in [2.45, 2.75) is 25.8 Å². The van der Waals surface area contributed by atoms with Crippen LogP contribution in [0.15, 0.2) is 18.2 Å². The number of anilines is 1. The van der Waals surface area contributed by atoms with Gasteiger partial charge in [0.25, 0.3) is 11.8 Å². The fourth-order valence-corrected chi connectivity index (χ4v) is 3.05. The Morgan fingerprint density at radius 1 is 1.33 bits per heavy atom. The van der Waals surface area contributed by atoms with Crippen LogP contribution in [0.4, 0.5) is 5.69 Å². The highest BCUT2D eigenvalue weighted by Crippen LogP contribution is 2.30. The lowest BCUT2D eigenvalue weighted by Gasteiger charge is -2.28. The van der Waals surface area contributed by atoms with E-state index in [2.05, 4.69) is 5.32 Å². The summed E-state index contributed by atoms with van der Waals surface area (Å²) in [6.45, 7) is 2.70. The normalized spacial score (nSPS) is 25.1. The van der Waals surface area contributed by atoms with Crippen molar-refractivity contribution >= 4 is 23.4 Å². The molecule has 3 N–H and O–H groups in total. The van der Waals surface area contributed by atoms with Crippen LogP contribution in [0.25, 0.3) is 0 Å². The number of hydrogen-bond donors (Lipinski definition) is 2. The Morgan fingerprint density at radius 2 is 2.10 bits per heavy atom. The molecule has 0 bridgehead atoms. The van der Waals surface area contributed by atoms with E-state index in [0.717, 1.165) is 4.90 Å². The number of carbonyl (C=O) groups is 3. The molecular formula is C15H17N3O3. The quantitative estimate of drug-likeness (QED) is 0.588. The smallest absolute Gasteiger partial charge is 0.270 e. The Bertz CT molecular complexity index is 641. The third-order valence-corrected chi connectivity index (χ3v) is 4.14. The number of fused-ring (bicyclic) bond motifs is 1. The van der Waals surface area contributed by atoms with Crippen LogP contribution in [-0.2, 0) is 4.79 Å². The zero-order chi connectivity index (χ0) is 15.1. The predicted octanol–water partition coefficient (Wildman–Crippen LogP) is 0.780. The van der Waals surface area contributed by atoms with Gasteiger partial charge in [0.15, 0.2) is 0 Å². The van der Waals surface area contributed by atoms with E-state index in [1.165, 1.54) is 6.07 Å². The maximum Gasteiger partial charge on any atom is 0.270 e. The largest absolute Gasteiger partial charge is 0.398 e. The minimum atomic E-state index is -0.593. The summed E-state index contributed by atoms with van der Waals surface area (Å²) in [5.41, 5.74) is 6.37. The molecule has 0 radical (unpaired) electrons. The molecule has 2 atom stereocenters. The lowest BCUT2D eigenvalue weighted by atomic mass is 9.92. The van der Waals surface area contributed by atoms with E-state index in [0.29, 0.717) is 19.4 Å². The molecule has 1 saturated heterocycles. The number of nitrogens with zero attached hydrogens (tertiary/aromatic N) is 1. The first-order valence-corrected chi connectivity index (χ1v) is 7.05. The van der Waals surface area contributed by atoms with E-state index in [1.54, 1.807) is 12.1 Å². The van der Waals surface area contributed by atoms with Crippen LogP contribution in [-0.4, -0.2) is 35.2 Å². The van der Waals surface area contributed by atoms with E-state index in [4.69, 9.17) is 5.73 Å². The fourth-order valence-electron chi connectivity index (χ4n) is 3.05. The number of carbonyl (C=O) groups excluding carboxylic acids is 3. The van der Waals surface area contributed by atoms with E-state index in [1.807, 2.05) is 6.92 Å². The molecule has 1 fully saturated rings. The molecule has 0 aliphatic carbocycles. The minimum absolute atomic E-state index is 0.151. The molecule has 2 aliphatic heterocycles. The van der Waals surface area contributed by atoms with Crippen LogP contribution >= 0.6 is 0 Å². The molecule has 1 aromatic carbocycles. The third kappa shape index (κ3) is 2.12. The van der Waals surface area contributed by atoms with Gasteiger partial charge in [-0.05, 0) is 38.4 Å². The van der Waals surface area contributed by atoms with Crippen molar-refractivity contribution in [1.29, 1.82) is 0 Å². The summed E-state index contributed by atoms with van der Waals surface area (Å²) in [4.78, 5) is 38.1. The Balaban J connectivity index is 1.91. The number of piperidine rings is 1. The van der Waals surface area contributed by atoms with Crippen molar-refractivity contribution < 1.29 is 14.4 Å². The van der Waals surface area contributed by atoms with Gasteiger partial charge in [0.05, 0.1) is 11.1 Å². The van der Waals surface area contributed by atoms with Crippen molar-refractivity contribution in [1.82, 2.24) is 10.2 Å². The van der Waals surface area contributed by atoms with Crippen LogP contribution in [0.2, 0.25) is 0 Å². The van der Waals surface area contributed by atoms with Gasteiger partial charge in [0.1, 0.15) is 0 Å². The first-order valence-electron chi connectivity index (χ1n) is 7.05. The van der Waals surface area contributed by atoms with Gasteiger partial charge in [-0.1, -0.05) is 6.07 Å². The second kappa shape index (κ2) is 4.96. The molecule has 6 heteroatoms. The van der Waals surface area contributed by atoms with Gasteiger partial charge in [0, 0.05) is 17.6 Å².